The van der Waals surface area contributed by atoms with Crippen molar-refractivity contribution in [2.75, 3.05) is 18.4 Å². The van der Waals surface area contributed by atoms with Gasteiger partial charge in [0.05, 0.1) is 10.3 Å². The van der Waals surface area contributed by atoms with Crippen molar-refractivity contribution in [2.45, 2.75) is 17.7 Å². The van der Waals surface area contributed by atoms with Crippen molar-refractivity contribution in [3.8, 4) is 0 Å². The van der Waals surface area contributed by atoms with Crippen LogP contribution in [0.1, 0.15) is 13.3 Å². The molecule has 1 amide bonds. The van der Waals surface area contributed by atoms with Gasteiger partial charge in [-0.2, -0.15) is 0 Å². The van der Waals surface area contributed by atoms with Crippen LogP contribution in [0.5, 0.6) is 0 Å². The number of nitrogens with zero attached hydrogens (tertiary/aromatic N) is 1. The van der Waals surface area contributed by atoms with Crippen LogP contribution in [0.2, 0.25) is 0 Å². The summed E-state index contributed by atoms with van der Waals surface area (Å²) in [4.78, 5) is 22.3. The Hall–Kier alpha value is -1.53. The molecule has 2 rings (SSSR count). The van der Waals surface area contributed by atoms with Crippen molar-refractivity contribution >= 4 is 40.5 Å². The number of alkyl halides is 2. The Morgan fingerprint density at radius 2 is 2.00 bits per heavy atom. The second kappa shape index (κ2) is 5.69. The second-order valence-electron chi connectivity index (χ2n) is 5.17. The Morgan fingerprint density at radius 1 is 1.38 bits per heavy atom. The molecule has 1 aromatic carbocycles. The first-order valence-electron chi connectivity index (χ1n) is 6.41. The Labute approximate surface area is 132 Å². The number of benzene rings is 1. The normalized spacial score (nSPS) is 22.4. The summed E-state index contributed by atoms with van der Waals surface area (Å²) in [5.41, 5.74) is -0.341. The van der Waals surface area contributed by atoms with Gasteiger partial charge in [0.15, 0.2) is 0 Å². The average molecular weight is 332 g/mol. The van der Waals surface area contributed by atoms with Gasteiger partial charge in [-0.1, -0.05) is 12.1 Å². The number of carbonyl (C=O) groups is 1. The summed E-state index contributed by atoms with van der Waals surface area (Å²) in [6.45, 7) is 2.40. The molecule has 0 bridgehead atoms. The van der Waals surface area contributed by atoms with Crippen LogP contribution in [0.3, 0.4) is 0 Å². The van der Waals surface area contributed by atoms with Crippen LogP contribution in [0.4, 0.5) is 11.4 Å². The van der Waals surface area contributed by atoms with Gasteiger partial charge in [-0.15, -0.1) is 23.2 Å². The number of rotatable bonds is 6. The first kappa shape index (κ1) is 15.9. The molecule has 1 aliphatic carbocycles. The van der Waals surface area contributed by atoms with E-state index in [4.69, 9.17) is 23.2 Å². The zero-order valence-electron chi connectivity index (χ0n) is 11.4. The van der Waals surface area contributed by atoms with Gasteiger partial charge in [0, 0.05) is 19.2 Å². The van der Waals surface area contributed by atoms with E-state index in [9.17, 15) is 14.9 Å². The third-order valence-corrected chi connectivity index (χ3v) is 4.69. The lowest BCUT2D eigenvalue weighted by molar-refractivity contribution is -0.384. The van der Waals surface area contributed by atoms with E-state index in [2.05, 4.69) is 10.6 Å². The summed E-state index contributed by atoms with van der Waals surface area (Å²) < 4.78 is -0.997. The van der Waals surface area contributed by atoms with Crippen molar-refractivity contribution < 1.29 is 9.72 Å². The molecule has 0 spiro atoms. The summed E-state index contributed by atoms with van der Waals surface area (Å²) in [5, 5.41) is 16.5. The van der Waals surface area contributed by atoms with E-state index in [0.29, 0.717) is 25.2 Å². The highest BCUT2D eigenvalue weighted by molar-refractivity contribution is 6.53. The lowest BCUT2D eigenvalue weighted by atomic mass is 10.1. The van der Waals surface area contributed by atoms with Crippen LogP contribution in [-0.4, -0.2) is 28.3 Å². The van der Waals surface area contributed by atoms with Gasteiger partial charge >= 0.3 is 0 Å². The van der Waals surface area contributed by atoms with Crippen molar-refractivity contribution in [3.05, 3.63) is 34.4 Å². The Morgan fingerprint density at radius 3 is 2.57 bits per heavy atom. The molecular weight excluding hydrogens is 317 g/mol. The van der Waals surface area contributed by atoms with E-state index < -0.39 is 14.7 Å². The summed E-state index contributed by atoms with van der Waals surface area (Å²) in [6, 6.07) is 6.33. The van der Waals surface area contributed by atoms with Gasteiger partial charge in [-0.05, 0) is 19.4 Å². The number of para-hydroxylation sites is 2. The topological polar surface area (TPSA) is 84.3 Å². The highest BCUT2D eigenvalue weighted by Gasteiger charge is 2.67. The fourth-order valence-electron chi connectivity index (χ4n) is 2.00. The number of hydrogen-bond acceptors (Lipinski definition) is 4. The predicted molar refractivity (Wildman–Crippen MR) is 81.8 cm³/mol. The number of hydrogen-bond donors (Lipinski definition) is 2. The molecule has 2 N–H and O–H groups in total. The molecule has 0 aliphatic heterocycles. The molecule has 1 unspecified atom stereocenters. The SMILES string of the molecule is CC1(C(=O)NCCNc2ccccc2[N+](=O)[O-])CC1(Cl)Cl. The lowest BCUT2D eigenvalue weighted by Crippen LogP contribution is -2.36. The van der Waals surface area contributed by atoms with Gasteiger partial charge in [0.25, 0.3) is 5.69 Å². The number of carbonyl (C=O) groups excluding carboxylic acids is 1. The van der Waals surface area contributed by atoms with Crippen LogP contribution >= 0.6 is 23.2 Å². The van der Waals surface area contributed by atoms with Crippen LogP contribution in [-0.2, 0) is 4.79 Å². The minimum absolute atomic E-state index is 0.00138. The molecule has 0 heterocycles. The molecule has 1 aliphatic rings. The molecule has 1 aromatic rings. The van der Waals surface area contributed by atoms with E-state index in [-0.39, 0.29) is 11.6 Å². The van der Waals surface area contributed by atoms with Gasteiger partial charge in [-0.25, -0.2) is 0 Å². The number of halogens is 2. The largest absolute Gasteiger partial charge is 0.378 e. The maximum absolute atomic E-state index is 11.9. The highest BCUT2D eigenvalue weighted by atomic mass is 35.5. The molecule has 1 fully saturated rings. The standard InChI is InChI=1S/C13H15Cl2N3O3/c1-12(8-13(12,14)15)11(19)17-7-6-16-9-4-2-3-5-10(9)18(20)21/h2-5,16H,6-8H2,1H3,(H,17,19). The molecule has 1 saturated carbocycles. The third kappa shape index (κ3) is 3.22. The van der Waals surface area contributed by atoms with E-state index in [1.165, 1.54) is 6.07 Å². The average Bonchev–Trinajstić information content (AvgIpc) is 2.95. The van der Waals surface area contributed by atoms with Gasteiger partial charge < -0.3 is 10.6 Å². The predicted octanol–water partition coefficient (Wildman–Crippen LogP) is 2.71. The monoisotopic (exact) mass is 331 g/mol. The van der Waals surface area contributed by atoms with E-state index in [1.54, 1.807) is 25.1 Å². The molecule has 6 nitrogen and oxygen atoms in total. The minimum Gasteiger partial charge on any atom is -0.378 e. The van der Waals surface area contributed by atoms with Crippen molar-refractivity contribution in [2.24, 2.45) is 5.41 Å². The zero-order chi connectivity index (χ0) is 15.7. The number of nitro groups is 1. The number of amides is 1. The van der Waals surface area contributed by atoms with Crippen LogP contribution in [0, 0.1) is 15.5 Å². The van der Waals surface area contributed by atoms with Crippen LogP contribution in [0.25, 0.3) is 0 Å². The number of nitro benzene ring substituents is 1. The van der Waals surface area contributed by atoms with Crippen molar-refractivity contribution in [1.29, 1.82) is 0 Å². The molecule has 0 saturated heterocycles. The molecule has 0 radical (unpaired) electrons. The molecule has 0 aromatic heterocycles. The lowest BCUT2D eigenvalue weighted by Gasteiger charge is -2.13. The summed E-state index contributed by atoms with van der Waals surface area (Å²) in [5.74, 6) is -0.211. The quantitative estimate of drug-likeness (QED) is 0.363. The summed E-state index contributed by atoms with van der Waals surface area (Å²) in [7, 11) is 0. The number of nitrogens with one attached hydrogen (secondary N) is 2. The maximum Gasteiger partial charge on any atom is 0.292 e. The molecule has 8 heteroatoms. The number of anilines is 1. The first-order chi connectivity index (χ1) is 9.78. The summed E-state index contributed by atoms with van der Waals surface area (Å²) >= 11 is 11.8. The second-order valence-corrected chi connectivity index (χ2v) is 6.65. The summed E-state index contributed by atoms with van der Waals surface area (Å²) in [6.07, 6.45) is 0.423. The maximum atomic E-state index is 11.9. The van der Waals surface area contributed by atoms with Crippen molar-refractivity contribution in [3.63, 3.8) is 0 Å². The van der Waals surface area contributed by atoms with E-state index in [0.717, 1.165) is 0 Å². The smallest absolute Gasteiger partial charge is 0.292 e. The first-order valence-corrected chi connectivity index (χ1v) is 7.17. The van der Waals surface area contributed by atoms with E-state index >= 15 is 0 Å². The van der Waals surface area contributed by atoms with E-state index in [1.807, 2.05) is 0 Å². The Kier molecular flexibility index (Phi) is 4.30. The fraction of sp³-hybridized carbons (Fsp3) is 0.462. The van der Waals surface area contributed by atoms with Gasteiger partial charge in [0.2, 0.25) is 5.91 Å². The molecule has 1 atom stereocenters. The highest BCUT2D eigenvalue weighted by Crippen LogP contribution is 2.63. The van der Waals surface area contributed by atoms with Crippen LogP contribution in [0.15, 0.2) is 24.3 Å². The van der Waals surface area contributed by atoms with Gasteiger partial charge in [0.1, 0.15) is 10.0 Å². The molecule has 21 heavy (non-hydrogen) atoms. The molecule has 114 valence electrons. The third-order valence-electron chi connectivity index (χ3n) is 3.59. The Balaban J connectivity index is 1.81. The minimum atomic E-state index is -0.997. The zero-order valence-corrected chi connectivity index (χ0v) is 12.9. The molecular formula is C13H15Cl2N3O3. The van der Waals surface area contributed by atoms with Crippen LogP contribution < -0.4 is 10.6 Å². The van der Waals surface area contributed by atoms with Gasteiger partial charge in [-0.3, -0.25) is 14.9 Å². The Bertz CT molecular complexity index is 580. The van der Waals surface area contributed by atoms with Crippen molar-refractivity contribution in [1.82, 2.24) is 5.32 Å². The fourth-order valence-corrected chi connectivity index (χ4v) is 2.70.